The molecule has 0 N–H and O–H groups in total. The largest absolute Gasteiger partial charge is 0.297 e. The van der Waals surface area contributed by atoms with E-state index in [1.165, 1.54) is 19.6 Å². The molecule has 1 rings (SSSR count). The van der Waals surface area contributed by atoms with Gasteiger partial charge in [0, 0.05) is 19.6 Å². The Morgan fingerprint density at radius 1 is 1.50 bits per heavy atom. The van der Waals surface area contributed by atoms with Crippen molar-refractivity contribution >= 4 is 8.80 Å². The Hall–Kier alpha value is -0.0831. The molecule has 1 saturated heterocycles. The zero-order chi connectivity index (χ0) is 7.56. The van der Waals surface area contributed by atoms with Gasteiger partial charge in [0.2, 0.25) is 0 Å². The summed E-state index contributed by atoms with van der Waals surface area (Å²) in [5.41, 5.74) is 4.07. The van der Waals surface area contributed by atoms with E-state index >= 15 is 0 Å². The number of hydrogen-bond donors (Lipinski definition) is 0. The second-order valence-corrected chi connectivity index (χ2v) is 6.35. The van der Waals surface area contributed by atoms with Crippen molar-refractivity contribution in [1.82, 2.24) is 4.90 Å². The van der Waals surface area contributed by atoms with E-state index in [9.17, 15) is 0 Å². The SMILES string of the molecule is CC(=C[SiH](C)C)CN1CC1. The normalized spacial score (nSPS) is 20.2. The van der Waals surface area contributed by atoms with Gasteiger partial charge in [0.15, 0.2) is 0 Å². The highest BCUT2D eigenvalue weighted by Gasteiger charge is 2.16. The van der Waals surface area contributed by atoms with Gasteiger partial charge in [-0.05, 0) is 6.92 Å². The monoisotopic (exact) mass is 155 g/mol. The zero-order valence-electron chi connectivity index (χ0n) is 7.22. The standard InChI is InChI=1S/C8H17NSi/c1-8(7-10(2)3)6-9-4-5-9/h7,10H,4-6H2,1-3H3. The lowest BCUT2D eigenvalue weighted by molar-refractivity contribution is 0.610. The summed E-state index contributed by atoms with van der Waals surface area (Å²) in [4.78, 5) is 2.46. The van der Waals surface area contributed by atoms with E-state index in [4.69, 9.17) is 0 Å². The first-order valence-corrected chi connectivity index (χ1v) is 7.06. The van der Waals surface area contributed by atoms with Gasteiger partial charge in [0.1, 0.15) is 0 Å². The summed E-state index contributed by atoms with van der Waals surface area (Å²) in [6.07, 6.45) is 0. The molecule has 0 amide bonds. The fourth-order valence-electron chi connectivity index (χ4n) is 1.20. The Morgan fingerprint density at radius 2 is 2.10 bits per heavy atom. The first-order chi connectivity index (χ1) is 4.68. The lowest BCUT2D eigenvalue weighted by Gasteiger charge is -2.01. The van der Waals surface area contributed by atoms with Crippen molar-refractivity contribution in [3.05, 3.63) is 11.3 Å². The second-order valence-electron chi connectivity index (χ2n) is 3.53. The topological polar surface area (TPSA) is 3.01 Å². The minimum absolute atomic E-state index is 0.448. The van der Waals surface area contributed by atoms with Crippen LogP contribution in [0.1, 0.15) is 6.92 Å². The smallest absolute Gasteiger partial charge is 0.0554 e. The number of rotatable bonds is 3. The van der Waals surface area contributed by atoms with Crippen LogP contribution in [-0.2, 0) is 0 Å². The third kappa shape index (κ3) is 3.18. The van der Waals surface area contributed by atoms with Gasteiger partial charge in [-0.1, -0.05) is 24.4 Å². The van der Waals surface area contributed by atoms with Gasteiger partial charge in [0.05, 0.1) is 8.80 Å². The number of nitrogens with zero attached hydrogens (tertiary/aromatic N) is 1. The number of hydrogen-bond acceptors (Lipinski definition) is 1. The molecule has 1 aliphatic rings. The highest BCUT2D eigenvalue weighted by atomic mass is 28.3. The zero-order valence-corrected chi connectivity index (χ0v) is 8.38. The Bertz CT molecular complexity index is 136. The van der Waals surface area contributed by atoms with Crippen LogP contribution in [0.4, 0.5) is 0 Å². The molecule has 1 nitrogen and oxygen atoms in total. The minimum atomic E-state index is -0.448. The van der Waals surface area contributed by atoms with E-state index in [2.05, 4.69) is 30.6 Å². The molecule has 10 heavy (non-hydrogen) atoms. The molecule has 0 aliphatic carbocycles. The molecule has 0 saturated carbocycles. The van der Waals surface area contributed by atoms with Crippen LogP contribution < -0.4 is 0 Å². The van der Waals surface area contributed by atoms with Crippen molar-refractivity contribution < 1.29 is 0 Å². The quantitative estimate of drug-likeness (QED) is 0.438. The molecule has 0 unspecified atom stereocenters. The van der Waals surface area contributed by atoms with Crippen LogP contribution in [0.2, 0.25) is 13.1 Å². The Labute approximate surface area is 65.3 Å². The molecule has 0 spiro atoms. The fraction of sp³-hybridized carbons (Fsp3) is 0.750. The van der Waals surface area contributed by atoms with E-state index in [-0.39, 0.29) is 0 Å². The summed E-state index contributed by atoms with van der Waals surface area (Å²) in [7, 11) is -0.448. The van der Waals surface area contributed by atoms with Crippen molar-refractivity contribution in [1.29, 1.82) is 0 Å². The Kier molecular flexibility index (Phi) is 2.69. The molecular formula is C8H17NSi. The fourth-order valence-corrected chi connectivity index (χ4v) is 2.45. The first-order valence-electron chi connectivity index (χ1n) is 4.08. The molecule has 2 heteroatoms. The van der Waals surface area contributed by atoms with Crippen LogP contribution in [0.15, 0.2) is 11.3 Å². The van der Waals surface area contributed by atoms with Crippen molar-refractivity contribution in [3.8, 4) is 0 Å². The minimum Gasteiger partial charge on any atom is -0.297 e. The van der Waals surface area contributed by atoms with E-state index in [0.29, 0.717) is 0 Å². The Balaban J connectivity index is 2.23. The summed E-state index contributed by atoms with van der Waals surface area (Å²) in [6.45, 7) is 10.9. The van der Waals surface area contributed by atoms with Crippen molar-refractivity contribution in [2.45, 2.75) is 20.0 Å². The third-order valence-corrected chi connectivity index (χ3v) is 2.87. The predicted octanol–water partition coefficient (Wildman–Crippen LogP) is 1.27. The van der Waals surface area contributed by atoms with Gasteiger partial charge in [-0.3, -0.25) is 4.90 Å². The summed E-state index contributed by atoms with van der Waals surface area (Å²) in [6, 6.07) is 0. The molecule has 58 valence electrons. The van der Waals surface area contributed by atoms with Gasteiger partial charge >= 0.3 is 0 Å². The highest BCUT2D eigenvalue weighted by molar-refractivity contribution is 6.61. The summed E-state index contributed by atoms with van der Waals surface area (Å²) >= 11 is 0. The lowest BCUT2D eigenvalue weighted by atomic mass is 10.3. The van der Waals surface area contributed by atoms with Crippen LogP contribution in [0, 0.1) is 0 Å². The Morgan fingerprint density at radius 3 is 2.50 bits per heavy atom. The maximum Gasteiger partial charge on any atom is 0.0554 e. The van der Waals surface area contributed by atoms with E-state index in [1.807, 2.05) is 0 Å². The molecule has 1 aliphatic heterocycles. The highest BCUT2D eigenvalue weighted by Crippen LogP contribution is 2.07. The summed E-state index contributed by atoms with van der Waals surface area (Å²) < 4.78 is 0. The van der Waals surface area contributed by atoms with E-state index < -0.39 is 8.80 Å². The van der Waals surface area contributed by atoms with Crippen molar-refractivity contribution in [2.24, 2.45) is 0 Å². The molecule has 1 fully saturated rings. The van der Waals surface area contributed by atoms with Gasteiger partial charge in [-0.2, -0.15) is 0 Å². The lowest BCUT2D eigenvalue weighted by Crippen LogP contribution is -2.04. The van der Waals surface area contributed by atoms with Gasteiger partial charge in [0.25, 0.3) is 0 Å². The molecule has 0 atom stereocenters. The molecule has 0 aromatic carbocycles. The van der Waals surface area contributed by atoms with Crippen LogP contribution in [0.3, 0.4) is 0 Å². The van der Waals surface area contributed by atoms with Gasteiger partial charge in [-0.15, -0.1) is 0 Å². The van der Waals surface area contributed by atoms with Crippen molar-refractivity contribution in [3.63, 3.8) is 0 Å². The first kappa shape index (κ1) is 8.02. The van der Waals surface area contributed by atoms with Gasteiger partial charge in [-0.25, -0.2) is 0 Å². The van der Waals surface area contributed by atoms with Crippen LogP contribution in [0.5, 0.6) is 0 Å². The van der Waals surface area contributed by atoms with Gasteiger partial charge < -0.3 is 0 Å². The molecular weight excluding hydrogens is 138 g/mol. The molecule has 0 aromatic heterocycles. The maximum atomic E-state index is 2.48. The average Bonchev–Trinajstić information content (AvgIpc) is 2.46. The summed E-state index contributed by atoms with van der Waals surface area (Å²) in [5.74, 6) is 0. The second kappa shape index (κ2) is 3.35. The molecule has 0 aromatic rings. The van der Waals surface area contributed by atoms with Crippen molar-refractivity contribution in [2.75, 3.05) is 19.6 Å². The molecule has 1 heterocycles. The van der Waals surface area contributed by atoms with Crippen LogP contribution in [0.25, 0.3) is 0 Å². The van der Waals surface area contributed by atoms with E-state index in [0.717, 1.165) is 0 Å². The summed E-state index contributed by atoms with van der Waals surface area (Å²) in [5, 5.41) is 0. The maximum absolute atomic E-state index is 2.48. The molecule has 0 radical (unpaired) electrons. The average molecular weight is 155 g/mol. The van der Waals surface area contributed by atoms with E-state index in [1.54, 1.807) is 5.57 Å². The third-order valence-electron chi connectivity index (χ3n) is 1.63. The predicted molar refractivity (Wildman–Crippen MR) is 49.1 cm³/mol. The van der Waals surface area contributed by atoms with Crippen LogP contribution >= 0.6 is 0 Å². The van der Waals surface area contributed by atoms with Crippen LogP contribution in [-0.4, -0.2) is 33.3 Å². The molecule has 0 bridgehead atoms.